The van der Waals surface area contributed by atoms with E-state index in [4.69, 9.17) is 11.5 Å². The molecule has 3 rings (SSSR count). The molecule has 1 amide bonds. The summed E-state index contributed by atoms with van der Waals surface area (Å²) in [4.78, 5) is 11.1. The molecule has 0 atom stereocenters. The van der Waals surface area contributed by atoms with Crippen molar-refractivity contribution in [1.82, 2.24) is 15.0 Å². The lowest BCUT2D eigenvalue weighted by molar-refractivity contribution is 0.100. The Bertz CT molecular complexity index is 778. The van der Waals surface area contributed by atoms with Gasteiger partial charge in [0.1, 0.15) is 5.69 Å². The molecule has 0 radical (unpaired) electrons. The summed E-state index contributed by atoms with van der Waals surface area (Å²) in [5, 5.41) is 8.18. The first kappa shape index (κ1) is 12.9. The van der Waals surface area contributed by atoms with Gasteiger partial charge in [-0.3, -0.25) is 4.79 Å². The number of rotatable bonds is 3. The van der Waals surface area contributed by atoms with Crippen molar-refractivity contribution in [2.45, 2.75) is 0 Å². The van der Waals surface area contributed by atoms with Gasteiger partial charge in [0.2, 0.25) is 5.91 Å². The van der Waals surface area contributed by atoms with Crippen LogP contribution in [-0.2, 0) is 0 Å². The third-order valence-corrected chi connectivity index (χ3v) is 3.15. The molecule has 1 aromatic heterocycles. The predicted molar refractivity (Wildman–Crippen MR) is 79.7 cm³/mol. The molecule has 104 valence electrons. The van der Waals surface area contributed by atoms with Crippen LogP contribution in [0.5, 0.6) is 0 Å². The molecule has 21 heavy (non-hydrogen) atoms. The summed E-state index contributed by atoms with van der Waals surface area (Å²) in [5.74, 6) is -0.0360. The monoisotopic (exact) mass is 279 g/mol. The van der Waals surface area contributed by atoms with E-state index < -0.39 is 5.91 Å². The molecule has 0 saturated carbocycles. The highest BCUT2D eigenvalue weighted by molar-refractivity contribution is 5.92. The van der Waals surface area contributed by atoms with Gasteiger partial charge in [-0.2, -0.15) is 4.68 Å². The lowest BCUT2D eigenvalue weighted by Crippen LogP contribution is -2.11. The lowest BCUT2D eigenvalue weighted by atomic mass is 10.1. The lowest BCUT2D eigenvalue weighted by Gasteiger charge is -2.04. The third-order valence-electron chi connectivity index (χ3n) is 3.15. The highest BCUT2D eigenvalue weighted by Gasteiger charge is 2.12. The van der Waals surface area contributed by atoms with Crippen LogP contribution in [0.2, 0.25) is 0 Å². The zero-order chi connectivity index (χ0) is 14.8. The van der Waals surface area contributed by atoms with E-state index in [0.29, 0.717) is 22.8 Å². The van der Waals surface area contributed by atoms with Gasteiger partial charge in [-0.25, -0.2) is 0 Å². The second-order valence-electron chi connectivity index (χ2n) is 4.51. The first-order valence-electron chi connectivity index (χ1n) is 6.33. The van der Waals surface area contributed by atoms with E-state index >= 15 is 0 Å². The molecule has 0 fully saturated rings. The molecule has 6 nitrogen and oxygen atoms in total. The number of benzene rings is 2. The maximum atomic E-state index is 11.1. The molecule has 2 aromatic carbocycles. The molecule has 0 spiro atoms. The van der Waals surface area contributed by atoms with Gasteiger partial charge in [-0.1, -0.05) is 35.5 Å². The molecule has 0 aliphatic heterocycles. The second-order valence-corrected chi connectivity index (χ2v) is 4.51. The molecule has 0 saturated heterocycles. The second kappa shape index (κ2) is 5.09. The normalized spacial score (nSPS) is 10.5. The van der Waals surface area contributed by atoms with Crippen molar-refractivity contribution in [2.75, 3.05) is 5.73 Å². The molecule has 6 heteroatoms. The van der Waals surface area contributed by atoms with Crippen LogP contribution in [-0.4, -0.2) is 20.9 Å². The molecular weight excluding hydrogens is 266 g/mol. The summed E-state index contributed by atoms with van der Waals surface area (Å²) in [6, 6.07) is 16.3. The predicted octanol–water partition coefficient (Wildman–Crippen LogP) is 1.62. The first-order valence-corrected chi connectivity index (χ1v) is 6.33. The maximum absolute atomic E-state index is 11.1. The Balaban J connectivity index is 2.01. The number of anilines is 1. The zero-order valence-electron chi connectivity index (χ0n) is 11.1. The SMILES string of the molecule is NC(=O)c1ccc(-n2nnc(-c3ccccc3)c2N)cc1. The van der Waals surface area contributed by atoms with E-state index in [0.717, 1.165) is 5.56 Å². The van der Waals surface area contributed by atoms with Gasteiger partial charge in [0.15, 0.2) is 5.82 Å². The molecule has 1 heterocycles. The van der Waals surface area contributed by atoms with Crippen LogP contribution in [0.15, 0.2) is 54.6 Å². The summed E-state index contributed by atoms with van der Waals surface area (Å²) in [6.07, 6.45) is 0. The number of nitrogen functional groups attached to an aromatic ring is 1. The Kier molecular flexibility index (Phi) is 3.12. The Morgan fingerprint density at radius 1 is 1.00 bits per heavy atom. The van der Waals surface area contributed by atoms with Crippen molar-refractivity contribution >= 4 is 11.7 Å². The zero-order valence-corrected chi connectivity index (χ0v) is 11.1. The smallest absolute Gasteiger partial charge is 0.248 e. The maximum Gasteiger partial charge on any atom is 0.248 e. The van der Waals surface area contributed by atoms with Crippen molar-refractivity contribution < 1.29 is 4.79 Å². The quantitative estimate of drug-likeness (QED) is 0.760. The van der Waals surface area contributed by atoms with Crippen molar-refractivity contribution in [3.8, 4) is 16.9 Å². The third kappa shape index (κ3) is 2.34. The van der Waals surface area contributed by atoms with Gasteiger partial charge in [0.05, 0.1) is 5.69 Å². The number of nitrogens with zero attached hydrogens (tertiary/aromatic N) is 3. The van der Waals surface area contributed by atoms with E-state index in [-0.39, 0.29) is 0 Å². The minimum Gasteiger partial charge on any atom is -0.382 e. The highest BCUT2D eigenvalue weighted by Crippen LogP contribution is 2.24. The fourth-order valence-electron chi connectivity index (χ4n) is 2.05. The Labute approximate surface area is 121 Å². The highest BCUT2D eigenvalue weighted by atomic mass is 16.1. The van der Waals surface area contributed by atoms with Crippen LogP contribution >= 0.6 is 0 Å². The van der Waals surface area contributed by atoms with Gasteiger partial charge in [0, 0.05) is 11.1 Å². The summed E-state index contributed by atoms with van der Waals surface area (Å²) < 4.78 is 1.52. The summed E-state index contributed by atoms with van der Waals surface area (Å²) >= 11 is 0. The molecule has 0 aliphatic carbocycles. The van der Waals surface area contributed by atoms with Crippen molar-refractivity contribution in [2.24, 2.45) is 5.73 Å². The molecule has 0 unspecified atom stereocenters. The van der Waals surface area contributed by atoms with Crippen LogP contribution in [0.1, 0.15) is 10.4 Å². The fraction of sp³-hybridized carbons (Fsp3) is 0. The van der Waals surface area contributed by atoms with Crippen LogP contribution in [0.4, 0.5) is 5.82 Å². The number of carbonyl (C=O) groups is 1. The standard InChI is InChI=1S/C15H13N5O/c16-14-13(10-4-2-1-3-5-10)18-19-20(14)12-8-6-11(7-9-12)15(17)21/h1-9H,16H2,(H2,17,21). The van der Waals surface area contributed by atoms with Crippen molar-refractivity contribution in [3.05, 3.63) is 60.2 Å². The van der Waals surface area contributed by atoms with Crippen LogP contribution < -0.4 is 11.5 Å². The average molecular weight is 279 g/mol. The Morgan fingerprint density at radius 3 is 2.29 bits per heavy atom. The van der Waals surface area contributed by atoms with Crippen LogP contribution in [0.3, 0.4) is 0 Å². The van der Waals surface area contributed by atoms with Crippen LogP contribution in [0, 0.1) is 0 Å². The van der Waals surface area contributed by atoms with E-state index in [1.54, 1.807) is 24.3 Å². The number of hydrogen-bond acceptors (Lipinski definition) is 4. The first-order chi connectivity index (χ1) is 10.2. The number of amides is 1. The summed E-state index contributed by atoms with van der Waals surface area (Å²) in [6.45, 7) is 0. The minimum absolute atomic E-state index is 0.431. The summed E-state index contributed by atoms with van der Waals surface area (Å²) in [7, 11) is 0. The molecule has 4 N–H and O–H groups in total. The Hall–Kier alpha value is -3.15. The molecular formula is C15H13N5O. The van der Waals surface area contributed by atoms with E-state index in [1.807, 2.05) is 30.3 Å². The van der Waals surface area contributed by atoms with E-state index in [2.05, 4.69) is 10.3 Å². The minimum atomic E-state index is -0.474. The number of carbonyl (C=O) groups excluding carboxylic acids is 1. The number of nitrogens with two attached hydrogens (primary N) is 2. The Morgan fingerprint density at radius 2 is 1.67 bits per heavy atom. The van der Waals surface area contributed by atoms with E-state index in [1.165, 1.54) is 4.68 Å². The van der Waals surface area contributed by atoms with Gasteiger partial charge < -0.3 is 11.5 Å². The van der Waals surface area contributed by atoms with Gasteiger partial charge >= 0.3 is 0 Å². The average Bonchev–Trinajstić information content (AvgIpc) is 2.90. The van der Waals surface area contributed by atoms with E-state index in [9.17, 15) is 4.79 Å². The largest absolute Gasteiger partial charge is 0.382 e. The number of hydrogen-bond donors (Lipinski definition) is 2. The van der Waals surface area contributed by atoms with Crippen molar-refractivity contribution in [3.63, 3.8) is 0 Å². The number of aromatic nitrogens is 3. The number of primary amides is 1. The molecule has 0 aliphatic rings. The summed E-state index contributed by atoms with van der Waals surface area (Å²) in [5.41, 5.74) is 14.0. The fourth-order valence-corrected chi connectivity index (χ4v) is 2.05. The van der Waals surface area contributed by atoms with Crippen LogP contribution in [0.25, 0.3) is 16.9 Å². The van der Waals surface area contributed by atoms with Gasteiger partial charge in [0.25, 0.3) is 0 Å². The van der Waals surface area contributed by atoms with Crippen molar-refractivity contribution in [1.29, 1.82) is 0 Å². The van der Waals surface area contributed by atoms with Gasteiger partial charge in [-0.05, 0) is 24.3 Å². The molecule has 3 aromatic rings. The van der Waals surface area contributed by atoms with Gasteiger partial charge in [-0.15, -0.1) is 5.10 Å². The molecule has 0 bridgehead atoms. The topological polar surface area (TPSA) is 99.8 Å².